The zero-order chi connectivity index (χ0) is 13.8. The van der Waals surface area contributed by atoms with Crippen LogP contribution >= 0.6 is 0 Å². The fourth-order valence-electron chi connectivity index (χ4n) is 1.96. The van der Waals surface area contributed by atoms with Gasteiger partial charge in [0.25, 0.3) is 0 Å². The third-order valence-corrected chi connectivity index (χ3v) is 2.93. The molecule has 2 N–H and O–H groups in total. The maximum Gasteiger partial charge on any atom is 0.488 e. The first-order valence-corrected chi connectivity index (χ1v) is 5.85. The van der Waals surface area contributed by atoms with Crippen LogP contribution in [0.1, 0.15) is 0 Å². The third kappa shape index (κ3) is 2.72. The monoisotopic (exact) mass is 258 g/mol. The second-order valence-electron chi connectivity index (χ2n) is 4.03. The van der Waals surface area contributed by atoms with Crippen molar-refractivity contribution in [3.05, 3.63) is 42.5 Å². The van der Waals surface area contributed by atoms with Gasteiger partial charge in [-0.1, -0.05) is 30.3 Å². The first-order chi connectivity index (χ1) is 9.17. The van der Waals surface area contributed by atoms with Gasteiger partial charge >= 0.3 is 7.12 Å². The Morgan fingerprint density at radius 1 is 0.842 bits per heavy atom. The average Bonchev–Trinajstić information content (AvgIpc) is 2.46. The summed E-state index contributed by atoms with van der Waals surface area (Å²) in [5, 5.41) is 18.2. The normalized spacial score (nSPS) is 10.1. The van der Waals surface area contributed by atoms with Crippen molar-refractivity contribution in [2.75, 3.05) is 14.2 Å². The molecule has 0 heterocycles. The molecule has 98 valence electrons. The molecule has 0 saturated heterocycles. The second kappa shape index (κ2) is 5.78. The number of hydrogen-bond acceptors (Lipinski definition) is 4. The molecule has 2 aromatic rings. The largest absolute Gasteiger partial charge is 0.496 e. The summed E-state index contributed by atoms with van der Waals surface area (Å²) in [5.74, 6) is 1.41. The molecule has 0 radical (unpaired) electrons. The zero-order valence-corrected chi connectivity index (χ0v) is 10.8. The van der Waals surface area contributed by atoms with E-state index >= 15 is 0 Å². The van der Waals surface area contributed by atoms with E-state index in [0.717, 1.165) is 11.1 Å². The van der Waals surface area contributed by atoms with Crippen LogP contribution in [-0.2, 0) is 0 Å². The molecule has 0 aliphatic heterocycles. The molecule has 0 amide bonds. The molecule has 5 heteroatoms. The summed E-state index contributed by atoms with van der Waals surface area (Å²) in [4.78, 5) is 0. The lowest BCUT2D eigenvalue weighted by Gasteiger charge is -2.13. The number of methoxy groups -OCH3 is 2. The van der Waals surface area contributed by atoms with Crippen molar-refractivity contribution in [1.29, 1.82) is 0 Å². The van der Waals surface area contributed by atoms with E-state index in [0.29, 0.717) is 17.0 Å². The van der Waals surface area contributed by atoms with Crippen molar-refractivity contribution in [3.8, 4) is 22.6 Å². The number of ether oxygens (including phenoxy) is 2. The van der Waals surface area contributed by atoms with Crippen LogP contribution < -0.4 is 14.9 Å². The lowest BCUT2D eigenvalue weighted by molar-refractivity contribution is 0.397. The molecule has 0 spiro atoms. The van der Waals surface area contributed by atoms with E-state index in [2.05, 4.69) is 0 Å². The van der Waals surface area contributed by atoms with Gasteiger partial charge in [0.05, 0.1) is 19.8 Å². The maximum absolute atomic E-state index is 9.09. The van der Waals surface area contributed by atoms with E-state index in [1.54, 1.807) is 38.5 Å². The minimum atomic E-state index is -1.46. The van der Waals surface area contributed by atoms with E-state index in [4.69, 9.17) is 19.5 Å². The molecule has 0 unspecified atom stereocenters. The van der Waals surface area contributed by atoms with Gasteiger partial charge < -0.3 is 19.5 Å². The highest BCUT2D eigenvalue weighted by molar-refractivity contribution is 6.58. The molecule has 0 saturated carbocycles. The Kier molecular flexibility index (Phi) is 4.09. The summed E-state index contributed by atoms with van der Waals surface area (Å²) in [6.45, 7) is 0. The fraction of sp³-hybridized carbons (Fsp3) is 0.143. The van der Waals surface area contributed by atoms with Crippen LogP contribution in [0.5, 0.6) is 11.5 Å². The van der Waals surface area contributed by atoms with E-state index in [1.807, 2.05) is 18.2 Å². The van der Waals surface area contributed by atoms with Crippen LogP contribution in [0.4, 0.5) is 0 Å². The third-order valence-electron chi connectivity index (χ3n) is 2.93. The van der Waals surface area contributed by atoms with Crippen LogP contribution in [0.3, 0.4) is 0 Å². The van der Waals surface area contributed by atoms with Crippen molar-refractivity contribution < 1.29 is 19.5 Å². The Balaban J connectivity index is 2.51. The number of benzene rings is 2. The summed E-state index contributed by atoms with van der Waals surface area (Å²) in [6.07, 6.45) is 0. The second-order valence-corrected chi connectivity index (χ2v) is 4.03. The summed E-state index contributed by atoms with van der Waals surface area (Å²) in [5.41, 5.74) is 2.17. The Morgan fingerprint density at radius 3 is 1.79 bits per heavy atom. The van der Waals surface area contributed by atoms with Crippen LogP contribution in [-0.4, -0.2) is 31.4 Å². The summed E-state index contributed by atoms with van der Waals surface area (Å²) in [7, 11) is 1.74. The molecule has 0 aliphatic rings. The molecular formula is C14H15BO4. The maximum atomic E-state index is 9.09. The molecule has 0 fully saturated rings. The van der Waals surface area contributed by atoms with Gasteiger partial charge in [0, 0.05) is 0 Å². The molecular weight excluding hydrogens is 243 g/mol. The standard InChI is InChI=1S/C14H15BO4/c1-18-12-4-3-5-13(19-2)14(12)10-6-8-11(9-7-10)15(16)17/h3-9,16-17H,1-2H3. The van der Waals surface area contributed by atoms with Crippen LogP contribution in [0, 0.1) is 0 Å². The lowest BCUT2D eigenvalue weighted by Crippen LogP contribution is -2.29. The highest BCUT2D eigenvalue weighted by Gasteiger charge is 2.14. The SMILES string of the molecule is COc1cccc(OC)c1-c1ccc(B(O)O)cc1. The van der Waals surface area contributed by atoms with Gasteiger partial charge in [-0.2, -0.15) is 0 Å². The Labute approximate surface area is 112 Å². The Morgan fingerprint density at radius 2 is 1.37 bits per heavy atom. The fourth-order valence-corrected chi connectivity index (χ4v) is 1.96. The number of rotatable bonds is 4. The molecule has 0 aromatic heterocycles. The van der Waals surface area contributed by atoms with Crippen LogP contribution in [0.2, 0.25) is 0 Å². The summed E-state index contributed by atoms with van der Waals surface area (Å²) >= 11 is 0. The smallest absolute Gasteiger partial charge is 0.488 e. The molecule has 4 nitrogen and oxygen atoms in total. The first kappa shape index (κ1) is 13.5. The molecule has 19 heavy (non-hydrogen) atoms. The van der Waals surface area contributed by atoms with Gasteiger partial charge in [-0.25, -0.2) is 0 Å². The summed E-state index contributed by atoms with van der Waals surface area (Å²) in [6, 6.07) is 12.5. The minimum Gasteiger partial charge on any atom is -0.496 e. The molecule has 0 bridgehead atoms. The van der Waals surface area contributed by atoms with E-state index in [9.17, 15) is 0 Å². The van der Waals surface area contributed by atoms with E-state index in [1.165, 1.54) is 0 Å². The molecule has 0 atom stereocenters. The predicted molar refractivity (Wildman–Crippen MR) is 74.8 cm³/mol. The van der Waals surface area contributed by atoms with Crippen molar-refractivity contribution in [3.63, 3.8) is 0 Å². The van der Waals surface area contributed by atoms with Crippen molar-refractivity contribution in [1.82, 2.24) is 0 Å². The quantitative estimate of drug-likeness (QED) is 0.805. The van der Waals surface area contributed by atoms with Gasteiger partial charge in [0.1, 0.15) is 11.5 Å². The van der Waals surface area contributed by atoms with E-state index < -0.39 is 7.12 Å². The highest BCUT2D eigenvalue weighted by atomic mass is 16.5. The lowest BCUT2D eigenvalue weighted by atomic mass is 9.80. The highest BCUT2D eigenvalue weighted by Crippen LogP contribution is 2.37. The predicted octanol–water partition coefficient (Wildman–Crippen LogP) is 1.05. The summed E-state index contributed by atoms with van der Waals surface area (Å²) < 4.78 is 10.7. The van der Waals surface area contributed by atoms with Crippen LogP contribution in [0.25, 0.3) is 11.1 Å². The van der Waals surface area contributed by atoms with Crippen LogP contribution in [0.15, 0.2) is 42.5 Å². The van der Waals surface area contributed by atoms with Gasteiger partial charge in [-0.15, -0.1) is 0 Å². The molecule has 2 aromatic carbocycles. The minimum absolute atomic E-state index is 0.442. The van der Waals surface area contributed by atoms with Gasteiger partial charge in [-0.05, 0) is 23.2 Å². The van der Waals surface area contributed by atoms with Gasteiger partial charge in [0.2, 0.25) is 0 Å². The zero-order valence-electron chi connectivity index (χ0n) is 10.8. The first-order valence-electron chi connectivity index (χ1n) is 5.85. The number of hydrogen-bond donors (Lipinski definition) is 2. The van der Waals surface area contributed by atoms with Crippen molar-refractivity contribution >= 4 is 12.6 Å². The Bertz CT molecular complexity index is 530. The average molecular weight is 258 g/mol. The van der Waals surface area contributed by atoms with Crippen molar-refractivity contribution in [2.24, 2.45) is 0 Å². The van der Waals surface area contributed by atoms with Gasteiger partial charge in [-0.3, -0.25) is 0 Å². The van der Waals surface area contributed by atoms with Gasteiger partial charge in [0.15, 0.2) is 0 Å². The topological polar surface area (TPSA) is 58.9 Å². The molecule has 2 rings (SSSR count). The van der Waals surface area contributed by atoms with Crippen molar-refractivity contribution in [2.45, 2.75) is 0 Å². The molecule has 0 aliphatic carbocycles. The van der Waals surface area contributed by atoms with E-state index in [-0.39, 0.29) is 0 Å². The Hall–Kier alpha value is -1.98.